The summed E-state index contributed by atoms with van der Waals surface area (Å²) in [4.78, 5) is 4.79. The van der Waals surface area contributed by atoms with Crippen LogP contribution in [0.1, 0.15) is 18.4 Å². The van der Waals surface area contributed by atoms with Crippen molar-refractivity contribution in [1.82, 2.24) is 9.80 Å². The molecule has 0 bridgehead atoms. The van der Waals surface area contributed by atoms with E-state index in [1.165, 1.54) is 5.56 Å². The lowest BCUT2D eigenvalue weighted by atomic mass is 10.1. The van der Waals surface area contributed by atoms with Gasteiger partial charge in [0.25, 0.3) is 0 Å². The molecule has 1 N–H and O–H groups in total. The standard InChI is InChI=1S/C22H36N2O4S/c1-26-12-13-27-21-6-8-23(9-7-21)16-19-4-2-3-5-22(19)28-18-20(25)17-24-10-14-29-15-11-24/h2-5,20-21,25H,6-18H2,1H3. The van der Waals surface area contributed by atoms with E-state index in [0.717, 1.165) is 62.8 Å². The highest BCUT2D eigenvalue weighted by molar-refractivity contribution is 7.99. The van der Waals surface area contributed by atoms with E-state index in [-0.39, 0.29) is 0 Å². The van der Waals surface area contributed by atoms with Gasteiger partial charge in [0.2, 0.25) is 0 Å². The molecule has 3 rings (SSSR count). The number of piperidine rings is 1. The minimum Gasteiger partial charge on any atom is -0.491 e. The molecule has 2 aliphatic heterocycles. The molecule has 0 radical (unpaired) electrons. The monoisotopic (exact) mass is 424 g/mol. The summed E-state index contributed by atoms with van der Waals surface area (Å²) in [5.74, 6) is 3.20. The Morgan fingerprint density at radius 2 is 1.83 bits per heavy atom. The summed E-state index contributed by atoms with van der Waals surface area (Å²) in [5, 5.41) is 10.4. The molecule has 29 heavy (non-hydrogen) atoms. The molecule has 1 atom stereocenters. The topological polar surface area (TPSA) is 54.4 Å². The molecule has 1 unspecified atom stereocenters. The van der Waals surface area contributed by atoms with Crippen LogP contribution in [0.4, 0.5) is 0 Å². The number of β-amino-alcohol motifs (C(OH)–C–C–N with tert-alkyl or cyclic N) is 1. The highest BCUT2D eigenvalue weighted by atomic mass is 32.2. The summed E-state index contributed by atoms with van der Waals surface area (Å²) in [7, 11) is 1.71. The van der Waals surface area contributed by atoms with Crippen molar-refractivity contribution in [2.24, 2.45) is 0 Å². The van der Waals surface area contributed by atoms with E-state index in [1.807, 2.05) is 23.9 Å². The normalized spacial score (nSPS) is 20.6. The lowest BCUT2D eigenvalue weighted by molar-refractivity contribution is -0.0159. The third-order valence-electron chi connectivity index (χ3n) is 5.55. The Kier molecular flexibility index (Phi) is 10.1. The zero-order valence-corrected chi connectivity index (χ0v) is 18.4. The lowest BCUT2D eigenvalue weighted by Gasteiger charge is -2.32. The summed E-state index contributed by atoms with van der Waals surface area (Å²) >= 11 is 1.99. The maximum Gasteiger partial charge on any atom is 0.123 e. The molecule has 2 heterocycles. The van der Waals surface area contributed by atoms with E-state index < -0.39 is 6.10 Å². The number of thioether (sulfide) groups is 1. The van der Waals surface area contributed by atoms with Crippen molar-refractivity contribution in [3.05, 3.63) is 29.8 Å². The smallest absolute Gasteiger partial charge is 0.123 e. The van der Waals surface area contributed by atoms with Crippen molar-refractivity contribution in [2.45, 2.75) is 31.6 Å². The van der Waals surface area contributed by atoms with E-state index in [0.29, 0.717) is 32.5 Å². The number of nitrogens with zero attached hydrogens (tertiary/aromatic N) is 2. The van der Waals surface area contributed by atoms with Crippen LogP contribution in [-0.4, -0.2) is 98.3 Å². The van der Waals surface area contributed by atoms with E-state index in [4.69, 9.17) is 14.2 Å². The fourth-order valence-corrected chi connectivity index (χ4v) is 4.85. The van der Waals surface area contributed by atoms with Crippen molar-refractivity contribution in [3.63, 3.8) is 0 Å². The first-order valence-electron chi connectivity index (χ1n) is 10.8. The van der Waals surface area contributed by atoms with Gasteiger partial charge in [-0.05, 0) is 18.9 Å². The van der Waals surface area contributed by atoms with Crippen LogP contribution < -0.4 is 4.74 Å². The number of ether oxygens (including phenoxy) is 3. The number of hydrogen-bond donors (Lipinski definition) is 1. The lowest BCUT2D eigenvalue weighted by Crippen LogP contribution is -2.40. The van der Waals surface area contributed by atoms with Crippen LogP contribution in [0.5, 0.6) is 5.75 Å². The molecule has 164 valence electrons. The minimum absolute atomic E-state index is 0.343. The van der Waals surface area contributed by atoms with Crippen LogP contribution in [-0.2, 0) is 16.0 Å². The molecule has 2 saturated heterocycles. The third-order valence-corrected chi connectivity index (χ3v) is 6.49. The molecule has 0 aliphatic carbocycles. The van der Waals surface area contributed by atoms with Crippen LogP contribution in [0.2, 0.25) is 0 Å². The quantitative estimate of drug-likeness (QED) is 0.546. The van der Waals surface area contributed by atoms with Crippen molar-refractivity contribution in [3.8, 4) is 5.75 Å². The molecule has 1 aromatic rings. The van der Waals surface area contributed by atoms with E-state index in [1.54, 1.807) is 7.11 Å². The third kappa shape index (κ3) is 8.07. The molecule has 7 heteroatoms. The van der Waals surface area contributed by atoms with Gasteiger partial charge in [0, 0.05) is 63.4 Å². The average Bonchev–Trinajstić information content (AvgIpc) is 2.75. The number of hydrogen-bond acceptors (Lipinski definition) is 7. The first-order chi connectivity index (χ1) is 14.2. The van der Waals surface area contributed by atoms with Crippen LogP contribution in [0.25, 0.3) is 0 Å². The van der Waals surface area contributed by atoms with E-state index in [2.05, 4.69) is 21.9 Å². The predicted molar refractivity (Wildman–Crippen MR) is 118 cm³/mol. The van der Waals surface area contributed by atoms with Gasteiger partial charge in [-0.2, -0.15) is 11.8 Å². The number of likely N-dealkylation sites (tertiary alicyclic amines) is 1. The number of aliphatic hydroxyl groups excluding tert-OH is 1. The minimum atomic E-state index is -0.453. The Bertz CT molecular complexity index is 578. The Morgan fingerprint density at radius 1 is 1.07 bits per heavy atom. The number of para-hydroxylation sites is 1. The van der Waals surface area contributed by atoms with Gasteiger partial charge in [-0.15, -0.1) is 0 Å². The van der Waals surface area contributed by atoms with Gasteiger partial charge in [-0.1, -0.05) is 18.2 Å². The van der Waals surface area contributed by atoms with Crippen LogP contribution in [0.3, 0.4) is 0 Å². The van der Waals surface area contributed by atoms with Gasteiger partial charge in [-0.25, -0.2) is 0 Å². The zero-order chi connectivity index (χ0) is 20.3. The van der Waals surface area contributed by atoms with Gasteiger partial charge in [0.1, 0.15) is 18.5 Å². The fraction of sp³-hybridized carbons (Fsp3) is 0.727. The number of benzene rings is 1. The average molecular weight is 425 g/mol. The second-order valence-electron chi connectivity index (χ2n) is 7.82. The van der Waals surface area contributed by atoms with E-state index >= 15 is 0 Å². The van der Waals surface area contributed by atoms with Crippen molar-refractivity contribution < 1.29 is 19.3 Å². The second-order valence-corrected chi connectivity index (χ2v) is 9.05. The van der Waals surface area contributed by atoms with Gasteiger partial charge < -0.3 is 19.3 Å². The van der Waals surface area contributed by atoms with Crippen LogP contribution in [0.15, 0.2) is 24.3 Å². The van der Waals surface area contributed by atoms with Gasteiger partial charge in [0.05, 0.1) is 19.3 Å². The predicted octanol–water partition coefficient (Wildman–Crippen LogP) is 2.10. The number of methoxy groups -OCH3 is 1. The molecule has 2 aliphatic rings. The van der Waals surface area contributed by atoms with Crippen molar-refractivity contribution in [2.75, 3.05) is 71.2 Å². The summed E-state index contributed by atoms with van der Waals surface area (Å²) in [6, 6.07) is 8.21. The molecular formula is C22H36N2O4S. The Morgan fingerprint density at radius 3 is 2.59 bits per heavy atom. The molecule has 0 saturated carbocycles. The number of rotatable bonds is 11. The molecule has 1 aromatic carbocycles. The highest BCUT2D eigenvalue weighted by Gasteiger charge is 2.21. The SMILES string of the molecule is COCCOC1CCN(Cc2ccccc2OCC(O)CN2CCSCC2)CC1. The zero-order valence-electron chi connectivity index (χ0n) is 17.6. The van der Waals surface area contributed by atoms with Gasteiger partial charge in [-0.3, -0.25) is 9.80 Å². The maximum absolute atomic E-state index is 10.4. The van der Waals surface area contributed by atoms with Crippen molar-refractivity contribution in [1.29, 1.82) is 0 Å². The fourth-order valence-electron chi connectivity index (χ4n) is 3.87. The summed E-state index contributed by atoms with van der Waals surface area (Å²) < 4.78 is 16.9. The van der Waals surface area contributed by atoms with E-state index in [9.17, 15) is 5.11 Å². The van der Waals surface area contributed by atoms with Gasteiger partial charge >= 0.3 is 0 Å². The van der Waals surface area contributed by atoms with Crippen LogP contribution >= 0.6 is 11.8 Å². The Labute approximate surface area is 179 Å². The Balaban J connectivity index is 1.42. The largest absolute Gasteiger partial charge is 0.491 e. The number of aliphatic hydroxyl groups is 1. The molecule has 0 amide bonds. The molecule has 6 nitrogen and oxygen atoms in total. The summed E-state index contributed by atoms with van der Waals surface area (Å²) in [6.07, 6.45) is 2.00. The maximum atomic E-state index is 10.4. The molecular weight excluding hydrogens is 388 g/mol. The summed E-state index contributed by atoms with van der Waals surface area (Å²) in [6.45, 7) is 7.43. The van der Waals surface area contributed by atoms with Gasteiger partial charge in [0.15, 0.2) is 0 Å². The van der Waals surface area contributed by atoms with Crippen LogP contribution in [0, 0.1) is 0 Å². The second kappa shape index (κ2) is 12.8. The molecule has 0 aromatic heterocycles. The Hall–Kier alpha value is -0.830. The van der Waals surface area contributed by atoms with Crippen molar-refractivity contribution >= 4 is 11.8 Å². The highest BCUT2D eigenvalue weighted by Crippen LogP contribution is 2.23. The molecule has 2 fully saturated rings. The first kappa shape index (κ1) is 22.8. The first-order valence-corrected chi connectivity index (χ1v) is 11.9. The summed E-state index contributed by atoms with van der Waals surface area (Å²) in [5.41, 5.74) is 1.19. The molecule has 0 spiro atoms.